The van der Waals surface area contributed by atoms with Crippen LogP contribution in [0.3, 0.4) is 0 Å². The standard InChI is InChI=1S/C10H13BrFNO/c1-10(13,2-3-14)7-4-8(11)6-9(12)5-7/h4-6,14H,2-3,13H2,1H3/t10-/m1/s1. The van der Waals surface area contributed by atoms with E-state index in [2.05, 4.69) is 15.9 Å². The Labute approximate surface area is 91.1 Å². The number of halogens is 2. The number of rotatable bonds is 3. The molecule has 0 aromatic heterocycles. The summed E-state index contributed by atoms with van der Waals surface area (Å²) in [5, 5.41) is 8.82. The number of nitrogens with two attached hydrogens (primary N) is 1. The molecule has 2 nitrogen and oxygen atoms in total. The minimum Gasteiger partial charge on any atom is -0.396 e. The van der Waals surface area contributed by atoms with Crippen molar-refractivity contribution in [3.63, 3.8) is 0 Å². The van der Waals surface area contributed by atoms with Crippen LogP contribution >= 0.6 is 15.9 Å². The maximum Gasteiger partial charge on any atom is 0.124 e. The minimum absolute atomic E-state index is 0.0128. The number of hydrogen-bond acceptors (Lipinski definition) is 2. The van der Waals surface area contributed by atoms with Crippen LogP contribution in [0.1, 0.15) is 18.9 Å². The molecular weight excluding hydrogens is 249 g/mol. The summed E-state index contributed by atoms with van der Waals surface area (Å²) in [7, 11) is 0. The second-order valence-corrected chi connectivity index (χ2v) is 4.46. The van der Waals surface area contributed by atoms with Crippen LogP contribution in [0, 0.1) is 5.82 Å². The van der Waals surface area contributed by atoms with Gasteiger partial charge in [-0.05, 0) is 37.1 Å². The predicted octanol–water partition coefficient (Wildman–Crippen LogP) is 2.14. The van der Waals surface area contributed by atoms with E-state index in [-0.39, 0.29) is 12.4 Å². The molecule has 0 unspecified atom stereocenters. The second kappa shape index (κ2) is 4.38. The summed E-state index contributed by atoms with van der Waals surface area (Å²) >= 11 is 3.20. The molecule has 0 radical (unpaired) electrons. The molecule has 0 bridgehead atoms. The summed E-state index contributed by atoms with van der Waals surface area (Å²) in [6.45, 7) is 1.76. The summed E-state index contributed by atoms with van der Waals surface area (Å²) < 4.78 is 13.7. The van der Waals surface area contributed by atoms with Crippen molar-refractivity contribution in [2.24, 2.45) is 5.73 Å². The van der Waals surface area contributed by atoms with Crippen LogP contribution in [-0.2, 0) is 5.54 Å². The van der Waals surface area contributed by atoms with Gasteiger partial charge in [0, 0.05) is 16.6 Å². The monoisotopic (exact) mass is 261 g/mol. The lowest BCUT2D eigenvalue weighted by molar-refractivity contribution is 0.247. The Morgan fingerprint density at radius 3 is 2.64 bits per heavy atom. The van der Waals surface area contributed by atoms with Crippen LogP contribution in [0.4, 0.5) is 4.39 Å². The zero-order valence-corrected chi connectivity index (χ0v) is 9.51. The third-order valence-electron chi connectivity index (χ3n) is 2.15. The third kappa shape index (κ3) is 2.77. The number of aliphatic hydroxyl groups is 1. The molecule has 1 rings (SSSR count). The molecule has 0 aliphatic rings. The van der Waals surface area contributed by atoms with Crippen molar-refractivity contribution in [2.75, 3.05) is 6.61 Å². The molecule has 0 fully saturated rings. The first-order chi connectivity index (χ1) is 6.45. The molecule has 0 aliphatic carbocycles. The molecular formula is C10H13BrFNO. The van der Waals surface area contributed by atoms with E-state index in [1.165, 1.54) is 12.1 Å². The topological polar surface area (TPSA) is 46.2 Å². The highest BCUT2D eigenvalue weighted by molar-refractivity contribution is 9.10. The molecule has 0 amide bonds. The average molecular weight is 262 g/mol. The van der Waals surface area contributed by atoms with Crippen molar-refractivity contribution in [3.05, 3.63) is 34.1 Å². The highest BCUT2D eigenvalue weighted by atomic mass is 79.9. The third-order valence-corrected chi connectivity index (χ3v) is 2.61. The summed E-state index contributed by atoms with van der Waals surface area (Å²) in [5.74, 6) is -0.330. The SMILES string of the molecule is C[C@@](N)(CCO)c1cc(F)cc(Br)c1. The van der Waals surface area contributed by atoms with Gasteiger partial charge in [-0.15, -0.1) is 0 Å². The normalized spacial score (nSPS) is 15.2. The maximum absolute atomic E-state index is 13.1. The fraction of sp³-hybridized carbons (Fsp3) is 0.400. The Morgan fingerprint density at radius 2 is 2.14 bits per heavy atom. The fourth-order valence-corrected chi connectivity index (χ4v) is 1.73. The number of hydrogen-bond donors (Lipinski definition) is 2. The van der Waals surface area contributed by atoms with Crippen molar-refractivity contribution in [1.29, 1.82) is 0 Å². The first-order valence-corrected chi connectivity index (χ1v) is 5.11. The van der Waals surface area contributed by atoms with E-state index in [9.17, 15) is 4.39 Å². The number of aliphatic hydroxyl groups excluding tert-OH is 1. The Bertz CT molecular complexity index is 308. The van der Waals surface area contributed by atoms with E-state index in [0.717, 1.165) is 0 Å². The molecule has 0 aliphatic heterocycles. The lowest BCUT2D eigenvalue weighted by Gasteiger charge is -2.24. The van der Waals surface area contributed by atoms with Crippen molar-refractivity contribution in [3.8, 4) is 0 Å². The lowest BCUT2D eigenvalue weighted by atomic mass is 9.90. The quantitative estimate of drug-likeness (QED) is 0.876. The summed E-state index contributed by atoms with van der Waals surface area (Å²) in [5.41, 5.74) is 5.92. The van der Waals surface area contributed by atoms with E-state index in [0.29, 0.717) is 16.5 Å². The molecule has 4 heteroatoms. The van der Waals surface area contributed by atoms with E-state index in [1.54, 1.807) is 13.0 Å². The predicted molar refractivity (Wildman–Crippen MR) is 57.3 cm³/mol. The Hall–Kier alpha value is -0.450. The summed E-state index contributed by atoms with van der Waals surface area (Å²) in [6.07, 6.45) is 0.406. The first-order valence-electron chi connectivity index (χ1n) is 4.32. The van der Waals surface area contributed by atoms with Gasteiger partial charge in [0.05, 0.1) is 0 Å². The zero-order chi connectivity index (χ0) is 10.8. The van der Waals surface area contributed by atoms with Crippen LogP contribution in [0.2, 0.25) is 0 Å². The van der Waals surface area contributed by atoms with E-state index in [1.807, 2.05) is 0 Å². The van der Waals surface area contributed by atoms with Crippen molar-refractivity contribution in [1.82, 2.24) is 0 Å². The summed E-state index contributed by atoms with van der Waals surface area (Å²) in [6, 6.07) is 4.53. The lowest BCUT2D eigenvalue weighted by Crippen LogP contribution is -2.34. The molecule has 14 heavy (non-hydrogen) atoms. The molecule has 0 saturated heterocycles. The molecule has 0 heterocycles. The van der Waals surface area contributed by atoms with Crippen LogP contribution < -0.4 is 5.73 Å². The number of benzene rings is 1. The van der Waals surface area contributed by atoms with Gasteiger partial charge < -0.3 is 10.8 Å². The first kappa shape index (κ1) is 11.6. The van der Waals surface area contributed by atoms with Gasteiger partial charge in [-0.3, -0.25) is 0 Å². The van der Waals surface area contributed by atoms with Gasteiger partial charge in [-0.1, -0.05) is 15.9 Å². The molecule has 78 valence electrons. The molecule has 1 atom stereocenters. The molecule has 0 saturated carbocycles. The Kier molecular flexibility index (Phi) is 3.64. The van der Waals surface area contributed by atoms with Crippen molar-refractivity contribution >= 4 is 15.9 Å². The van der Waals surface area contributed by atoms with E-state index < -0.39 is 5.54 Å². The molecule has 0 spiro atoms. The van der Waals surface area contributed by atoms with Gasteiger partial charge in [0.25, 0.3) is 0 Å². The highest BCUT2D eigenvalue weighted by Gasteiger charge is 2.21. The van der Waals surface area contributed by atoms with Crippen LogP contribution in [0.15, 0.2) is 22.7 Å². The summed E-state index contributed by atoms with van der Waals surface area (Å²) in [4.78, 5) is 0. The van der Waals surface area contributed by atoms with Crippen LogP contribution in [0.25, 0.3) is 0 Å². The van der Waals surface area contributed by atoms with Gasteiger partial charge in [-0.2, -0.15) is 0 Å². The van der Waals surface area contributed by atoms with E-state index in [4.69, 9.17) is 10.8 Å². The van der Waals surface area contributed by atoms with Crippen LogP contribution in [-0.4, -0.2) is 11.7 Å². The highest BCUT2D eigenvalue weighted by Crippen LogP contribution is 2.25. The Morgan fingerprint density at radius 1 is 1.50 bits per heavy atom. The van der Waals surface area contributed by atoms with Gasteiger partial charge in [0.2, 0.25) is 0 Å². The molecule has 1 aromatic rings. The maximum atomic E-state index is 13.1. The van der Waals surface area contributed by atoms with Gasteiger partial charge >= 0.3 is 0 Å². The average Bonchev–Trinajstić information content (AvgIpc) is 2.02. The smallest absolute Gasteiger partial charge is 0.124 e. The minimum atomic E-state index is -0.695. The van der Waals surface area contributed by atoms with Gasteiger partial charge in [-0.25, -0.2) is 4.39 Å². The van der Waals surface area contributed by atoms with Gasteiger partial charge in [0.1, 0.15) is 5.82 Å². The van der Waals surface area contributed by atoms with Gasteiger partial charge in [0.15, 0.2) is 0 Å². The van der Waals surface area contributed by atoms with Crippen molar-refractivity contribution < 1.29 is 9.50 Å². The molecule has 1 aromatic carbocycles. The zero-order valence-electron chi connectivity index (χ0n) is 7.93. The Balaban J connectivity index is 3.05. The fourth-order valence-electron chi connectivity index (χ4n) is 1.26. The van der Waals surface area contributed by atoms with E-state index >= 15 is 0 Å². The largest absolute Gasteiger partial charge is 0.396 e. The van der Waals surface area contributed by atoms with Crippen molar-refractivity contribution in [2.45, 2.75) is 18.9 Å². The second-order valence-electron chi connectivity index (χ2n) is 3.55. The molecule has 3 N–H and O–H groups in total. The van der Waals surface area contributed by atoms with Crippen LogP contribution in [0.5, 0.6) is 0 Å².